The Balaban J connectivity index is 2.07. The minimum atomic E-state index is -3.09. The molecule has 0 amide bonds. The summed E-state index contributed by atoms with van der Waals surface area (Å²) in [6.45, 7) is 4.09. The summed E-state index contributed by atoms with van der Waals surface area (Å²) in [7, 11) is -6.18. The second-order valence-electron chi connectivity index (χ2n) is 6.89. The van der Waals surface area contributed by atoms with Crippen LogP contribution in [0.3, 0.4) is 0 Å². The fourth-order valence-corrected chi connectivity index (χ4v) is 7.88. The van der Waals surface area contributed by atoms with Crippen LogP contribution in [0.1, 0.15) is 65.2 Å². The molecule has 0 spiro atoms. The number of hydrogen-bond acceptors (Lipinski definition) is 5. The van der Waals surface area contributed by atoms with Crippen molar-refractivity contribution >= 4 is 19.7 Å². The van der Waals surface area contributed by atoms with Gasteiger partial charge in [0.1, 0.15) is 0 Å². The Morgan fingerprint density at radius 2 is 1.17 bits per heavy atom. The smallest absolute Gasteiger partial charge is 0.155 e. The maximum atomic E-state index is 12.2. The molecule has 4 unspecified atom stereocenters. The molecule has 2 saturated heterocycles. The summed E-state index contributed by atoms with van der Waals surface area (Å²) in [5.74, 6) is 0.344. The van der Waals surface area contributed by atoms with Gasteiger partial charge in [-0.15, -0.1) is 0 Å². The Labute approximate surface area is 141 Å². The van der Waals surface area contributed by atoms with Gasteiger partial charge in [-0.05, 0) is 25.7 Å². The lowest BCUT2D eigenvalue weighted by Gasteiger charge is -2.26. The van der Waals surface area contributed by atoms with Gasteiger partial charge in [0.25, 0.3) is 0 Å². The monoisotopic (exact) mass is 366 g/mol. The zero-order valence-corrected chi connectivity index (χ0v) is 15.9. The Morgan fingerprint density at radius 3 is 1.52 bits per heavy atom. The van der Waals surface area contributed by atoms with Crippen LogP contribution >= 0.6 is 0 Å². The normalized spacial score (nSPS) is 35.6. The zero-order chi connectivity index (χ0) is 17.1. The van der Waals surface area contributed by atoms with Crippen LogP contribution in [0, 0.1) is 0 Å². The Morgan fingerprint density at radius 1 is 0.783 bits per heavy atom. The minimum Gasteiger partial charge on any atom is -0.372 e. The van der Waals surface area contributed by atoms with Crippen molar-refractivity contribution in [2.24, 2.45) is 0 Å². The molecule has 2 aliphatic rings. The van der Waals surface area contributed by atoms with Crippen molar-refractivity contribution < 1.29 is 21.6 Å². The van der Waals surface area contributed by atoms with Crippen molar-refractivity contribution in [3.05, 3.63) is 0 Å². The molecule has 2 fully saturated rings. The largest absolute Gasteiger partial charge is 0.372 e. The van der Waals surface area contributed by atoms with Crippen LogP contribution < -0.4 is 0 Å². The second kappa shape index (κ2) is 7.83. The molecule has 2 aliphatic heterocycles. The van der Waals surface area contributed by atoms with Crippen LogP contribution in [0.4, 0.5) is 0 Å². The molecule has 0 aromatic rings. The van der Waals surface area contributed by atoms with E-state index < -0.39 is 30.2 Å². The van der Waals surface area contributed by atoms with Crippen LogP contribution in [0.15, 0.2) is 0 Å². The highest BCUT2D eigenvalue weighted by Crippen LogP contribution is 2.34. The first-order valence-electron chi connectivity index (χ1n) is 8.90. The molecular formula is C16H30O5S2. The first-order valence-corrected chi connectivity index (χ1v) is 12.3. The van der Waals surface area contributed by atoms with E-state index in [1.165, 1.54) is 0 Å². The summed E-state index contributed by atoms with van der Waals surface area (Å²) in [5, 5.41) is -0.893. The van der Waals surface area contributed by atoms with Gasteiger partial charge in [-0.1, -0.05) is 39.5 Å². The van der Waals surface area contributed by atoms with Gasteiger partial charge in [-0.3, -0.25) is 0 Å². The first kappa shape index (κ1) is 19.2. The van der Waals surface area contributed by atoms with Crippen molar-refractivity contribution in [2.45, 2.75) is 87.9 Å². The van der Waals surface area contributed by atoms with E-state index in [2.05, 4.69) is 0 Å². The highest BCUT2D eigenvalue weighted by Gasteiger charge is 2.46. The van der Waals surface area contributed by atoms with Crippen molar-refractivity contribution in [1.29, 1.82) is 0 Å². The van der Waals surface area contributed by atoms with Crippen LogP contribution in [0.5, 0.6) is 0 Å². The van der Waals surface area contributed by atoms with Crippen LogP contribution in [0.25, 0.3) is 0 Å². The lowest BCUT2D eigenvalue weighted by molar-refractivity contribution is -0.0121. The van der Waals surface area contributed by atoms with E-state index in [0.717, 1.165) is 25.7 Å². The van der Waals surface area contributed by atoms with Crippen LogP contribution in [-0.2, 0) is 24.4 Å². The van der Waals surface area contributed by atoms with Gasteiger partial charge in [-0.25, -0.2) is 16.8 Å². The molecule has 4 atom stereocenters. The first-order chi connectivity index (χ1) is 10.8. The van der Waals surface area contributed by atoms with E-state index in [1.807, 2.05) is 13.8 Å². The van der Waals surface area contributed by atoms with E-state index in [9.17, 15) is 16.8 Å². The molecule has 7 heteroatoms. The molecular weight excluding hydrogens is 336 g/mol. The van der Waals surface area contributed by atoms with Crippen molar-refractivity contribution in [2.75, 3.05) is 11.5 Å². The summed E-state index contributed by atoms with van der Waals surface area (Å²) < 4.78 is 55.0. The van der Waals surface area contributed by atoms with E-state index >= 15 is 0 Å². The SMILES string of the molecule is CCCCC1C(OC2CCS(=O)(=O)C2CCCC)CCS1(=O)=O. The quantitative estimate of drug-likeness (QED) is 0.659. The number of ether oxygens (including phenoxy) is 1. The molecule has 0 radical (unpaired) electrons. The fourth-order valence-electron chi connectivity index (χ4n) is 3.78. The van der Waals surface area contributed by atoms with E-state index in [4.69, 9.17) is 4.74 Å². The van der Waals surface area contributed by atoms with Gasteiger partial charge in [0.05, 0.1) is 34.2 Å². The van der Waals surface area contributed by atoms with E-state index in [1.54, 1.807) is 0 Å². The standard InChI is InChI=1S/C16H30O5S2/c1-3-5-7-15-13(9-11-22(15,17)18)21-14-10-12-23(19,20)16(14)8-6-4-2/h13-16H,3-12H2,1-2H3. The number of unbranched alkanes of at least 4 members (excludes halogenated alkanes) is 2. The molecule has 0 aliphatic carbocycles. The lowest BCUT2D eigenvalue weighted by atomic mass is 10.1. The molecule has 2 rings (SSSR count). The maximum absolute atomic E-state index is 12.2. The molecule has 0 N–H and O–H groups in total. The molecule has 0 bridgehead atoms. The average Bonchev–Trinajstić information content (AvgIpc) is 2.92. The van der Waals surface area contributed by atoms with Gasteiger partial charge in [-0.2, -0.15) is 0 Å². The highest BCUT2D eigenvalue weighted by molar-refractivity contribution is 7.92. The third-order valence-corrected chi connectivity index (χ3v) is 9.69. The number of hydrogen-bond donors (Lipinski definition) is 0. The molecule has 2 heterocycles. The van der Waals surface area contributed by atoms with Gasteiger partial charge in [0, 0.05) is 0 Å². The Kier molecular flexibility index (Phi) is 6.53. The maximum Gasteiger partial charge on any atom is 0.155 e. The third-order valence-electron chi connectivity index (χ3n) is 5.16. The Hall–Kier alpha value is -0.140. The number of sulfone groups is 2. The fraction of sp³-hybridized carbons (Fsp3) is 1.00. The van der Waals surface area contributed by atoms with Crippen molar-refractivity contribution in [1.82, 2.24) is 0 Å². The lowest BCUT2D eigenvalue weighted by Crippen LogP contribution is -2.36. The topological polar surface area (TPSA) is 77.5 Å². The van der Waals surface area contributed by atoms with E-state index in [-0.39, 0.29) is 23.7 Å². The van der Waals surface area contributed by atoms with Gasteiger partial charge >= 0.3 is 0 Å². The summed E-state index contributed by atoms with van der Waals surface area (Å²) in [6.07, 6.45) is 5.26. The summed E-state index contributed by atoms with van der Waals surface area (Å²) in [6, 6.07) is 0. The molecule has 0 aromatic heterocycles. The molecule has 5 nitrogen and oxygen atoms in total. The van der Waals surface area contributed by atoms with Crippen molar-refractivity contribution in [3.8, 4) is 0 Å². The third kappa shape index (κ3) is 4.48. The van der Waals surface area contributed by atoms with Gasteiger partial charge in [0.2, 0.25) is 0 Å². The molecule has 0 aromatic carbocycles. The Bertz CT molecular complexity index is 530. The average molecular weight is 367 g/mol. The van der Waals surface area contributed by atoms with Gasteiger partial charge < -0.3 is 4.74 Å². The zero-order valence-electron chi connectivity index (χ0n) is 14.2. The highest BCUT2D eigenvalue weighted by atomic mass is 32.2. The molecule has 136 valence electrons. The predicted molar refractivity (Wildman–Crippen MR) is 92.1 cm³/mol. The van der Waals surface area contributed by atoms with Crippen LogP contribution in [-0.4, -0.2) is 51.0 Å². The predicted octanol–water partition coefficient (Wildman–Crippen LogP) is 2.49. The van der Waals surface area contributed by atoms with E-state index in [0.29, 0.717) is 25.7 Å². The summed E-state index contributed by atoms with van der Waals surface area (Å²) in [5.41, 5.74) is 0. The molecule has 0 saturated carbocycles. The second-order valence-corrected chi connectivity index (χ2v) is 11.6. The van der Waals surface area contributed by atoms with Gasteiger partial charge in [0.15, 0.2) is 19.7 Å². The van der Waals surface area contributed by atoms with Crippen molar-refractivity contribution in [3.63, 3.8) is 0 Å². The summed E-state index contributed by atoms with van der Waals surface area (Å²) >= 11 is 0. The minimum absolute atomic E-state index is 0.172. The van der Waals surface area contributed by atoms with Crippen LogP contribution in [0.2, 0.25) is 0 Å². The number of rotatable bonds is 8. The molecule has 23 heavy (non-hydrogen) atoms. The summed E-state index contributed by atoms with van der Waals surface area (Å²) in [4.78, 5) is 0.